The quantitative estimate of drug-likeness (QED) is 0.736. The summed E-state index contributed by atoms with van der Waals surface area (Å²) in [4.78, 5) is 16.6. The zero-order valence-electron chi connectivity index (χ0n) is 15.0. The minimum absolute atomic E-state index is 0.152. The number of carbonyl (C=O) groups is 1. The fourth-order valence-electron chi connectivity index (χ4n) is 2.43. The number of nitrogens with zero attached hydrogens (tertiary/aromatic N) is 2. The molecule has 6 nitrogen and oxygen atoms in total. The van der Waals surface area contributed by atoms with Crippen molar-refractivity contribution in [3.05, 3.63) is 65.5 Å². The summed E-state index contributed by atoms with van der Waals surface area (Å²) in [5, 5.41) is 6.69. The summed E-state index contributed by atoms with van der Waals surface area (Å²) >= 11 is 0. The Kier molecular flexibility index (Phi) is 5.31. The lowest BCUT2D eigenvalue weighted by atomic mass is 10.1. The molecule has 0 saturated carbocycles. The maximum atomic E-state index is 12.3. The molecule has 0 spiro atoms. The first-order valence-electron chi connectivity index (χ1n) is 8.43. The Balaban J connectivity index is 1.57. The highest BCUT2D eigenvalue weighted by Gasteiger charge is 2.17. The molecule has 134 valence electrons. The molecule has 0 fully saturated rings. The third-order valence-corrected chi connectivity index (χ3v) is 4.14. The number of ether oxygens (including phenoxy) is 1. The zero-order chi connectivity index (χ0) is 18.5. The Morgan fingerprint density at radius 1 is 1.15 bits per heavy atom. The number of rotatable bonds is 6. The smallest absolute Gasteiger partial charge is 0.261 e. The SMILES string of the molecule is Cc1cccc(O[C@H](C)C(=O)NCc2nc(-c3ccccc3)no2)c1C. The first-order chi connectivity index (χ1) is 12.5. The van der Waals surface area contributed by atoms with E-state index in [1.807, 2.05) is 62.4 Å². The van der Waals surface area contributed by atoms with Crippen LogP contribution in [0.25, 0.3) is 11.4 Å². The number of hydrogen-bond donors (Lipinski definition) is 1. The van der Waals surface area contributed by atoms with Crippen LogP contribution in [-0.2, 0) is 11.3 Å². The van der Waals surface area contributed by atoms with Crippen LogP contribution in [0.15, 0.2) is 53.1 Å². The van der Waals surface area contributed by atoms with Gasteiger partial charge in [-0.05, 0) is 38.0 Å². The molecule has 2 aromatic carbocycles. The van der Waals surface area contributed by atoms with Gasteiger partial charge in [-0.2, -0.15) is 4.98 Å². The molecule has 0 bridgehead atoms. The van der Waals surface area contributed by atoms with E-state index in [9.17, 15) is 4.79 Å². The van der Waals surface area contributed by atoms with E-state index in [-0.39, 0.29) is 12.5 Å². The third kappa shape index (κ3) is 4.08. The van der Waals surface area contributed by atoms with Gasteiger partial charge in [0.2, 0.25) is 11.7 Å². The normalized spacial score (nSPS) is 11.8. The Morgan fingerprint density at radius 3 is 2.69 bits per heavy atom. The van der Waals surface area contributed by atoms with E-state index in [2.05, 4.69) is 15.5 Å². The lowest BCUT2D eigenvalue weighted by Crippen LogP contribution is -2.36. The van der Waals surface area contributed by atoms with Crippen LogP contribution in [0.2, 0.25) is 0 Å². The van der Waals surface area contributed by atoms with Gasteiger partial charge in [0.05, 0.1) is 6.54 Å². The molecule has 0 radical (unpaired) electrons. The summed E-state index contributed by atoms with van der Waals surface area (Å²) in [6, 6.07) is 15.3. The molecule has 0 aliphatic carbocycles. The Bertz CT molecular complexity index is 890. The van der Waals surface area contributed by atoms with E-state index >= 15 is 0 Å². The monoisotopic (exact) mass is 351 g/mol. The topological polar surface area (TPSA) is 77.2 Å². The van der Waals surface area contributed by atoms with Crippen molar-refractivity contribution < 1.29 is 14.1 Å². The van der Waals surface area contributed by atoms with Crippen molar-refractivity contribution in [2.45, 2.75) is 33.4 Å². The minimum atomic E-state index is -0.632. The summed E-state index contributed by atoms with van der Waals surface area (Å²) in [6.07, 6.45) is -0.632. The number of nitrogens with one attached hydrogen (secondary N) is 1. The van der Waals surface area contributed by atoms with Crippen molar-refractivity contribution in [3.8, 4) is 17.1 Å². The molecule has 1 N–H and O–H groups in total. The van der Waals surface area contributed by atoms with Crippen LogP contribution in [0.4, 0.5) is 0 Å². The fraction of sp³-hybridized carbons (Fsp3) is 0.250. The highest BCUT2D eigenvalue weighted by molar-refractivity contribution is 5.80. The number of carbonyl (C=O) groups excluding carboxylic acids is 1. The van der Waals surface area contributed by atoms with E-state index < -0.39 is 6.10 Å². The van der Waals surface area contributed by atoms with E-state index in [0.29, 0.717) is 17.5 Å². The predicted molar refractivity (Wildman–Crippen MR) is 97.6 cm³/mol. The van der Waals surface area contributed by atoms with Gasteiger partial charge in [0.25, 0.3) is 5.91 Å². The molecule has 0 aliphatic heterocycles. The van der Waals surface area contributed by atoms with Gasteiger partial charge in [-0.25, -0.2) is 0 Å². The van der Waals surface area contributed by atoms with E-state index in [1.165, 1.54) is 0 Å². The Labute approximate surface area is 152 Å². The second-order valence-electron chi connectivity index (χ2n) is 6.05. The molecule has 1 aromatic heterocycles. The van der Waals surface area contributed by atoms with Gasteiger partial charge in [0, 0.05) is 5.56 Å². The lowest BCUT2D eigenvalue weighted by Gasteiger charge is -2.16. The average molecular weight is 351 g/mol. The largest absolute Gasteiger partial charge is 0.481 e. The Hall–Kier alpha value is -3.15. The van der Waals surface area contributed by atoms with Crippen molar-refractivity contribution in [1.29, 1.82) is 0 Å². The van der Waals surface area contributed by atoms with Crippen LogP contribution in [0.1, 0.15) is 23.9 Å². The molecule has 0 aliphatic rings. The predicted octanol–water partition coefficient (Wildman–Crippen LogP) is 3.44. The van der Waals surface area contributed by atoms with Gasteiger partial charge >= 0.3 is 0 Å². The van der Waals surface area contributed by atoms with Gasteiger partial charge in [-0.3, -0.25) is 4.79 Å². The van der Waals surface area contributed by atoms with Crippen LogP contribution < -0.4 is 10.1 Å². The Morgan fingerprint density at radius 2 is 1.92 bits per heavy atom. The van der Waals surface area contributed by atoms with Crippen molar-refractivity contribution in [2.24, 2.45) is 0 Å². The zero-order valence-corrected chi connectivity index (χ0v) is 15.0. The summed E-state index contributed by atoms with van der Waals surface area (Å²) < 4.78 is 11.0. The summed E-state index contributed by atoms with van der Waals surface area (Å²) in [5.41, 5.74) is 3.01. The molecule has 1 amide bonds. The van der Waals surface area contributed by atoms with Crippen molar-refractivity contribution in [2.75, 3.05) is 0 Å². The third-order valence-electron chi connectivity index (χ3n) is 4.14. The average Bonchev–Trinajstić information content (AvgIpc) is 3.13. The van der Waals surface area contributed by atoms with Crippen molar-refractivity contribution >= 4 is 5.91 Å². The molecule has 1 heterocycles. The second kappa shape index (κ2) is 7.82. The first kappa shape index (κ1) is 17.7. The molecule has 6 heteroatoms. The summed E-state index contributed by atoms with van der Waals surface area (Å²) in [6.45, 7) is 5.84. The number of aryl methyl sites for hydroxylation is 1. The maximum absolute atomic E-state index is 12.3. The minimum Gasteiger partial charge on any atom is -0.481 e. The van der Waals surface area contributed by atoms with Crippen molar-refractivity contribution in [3.63, 3.8) is 0 Å². The van der Waals surface area contributed by atoms with Crippen LogP contribution in [0.3, 0.4) is 0 Å². The standard InChI is InChI=1S/C20H21N3O3/c1-13-8-7-11-17(14(13)2)25-15(3)20(24)21-12-18-22-19(23-26-18)16-9-5-4-6-10-16/h4-11,15H,12H2,1-3H3,(H,21,24)/t15-/m1/s1. The lowest BCUT2D eigenvalue weighted by molar-refractivity contribution is -0.127. The van der Waals surface area contributed by atoms with Crippen LogP contribution in [0.5, 0.6) is 5.75 Å². The summed E-state index contributed by atoms with van der Waals surface area (Å²) in [5.74, 6) is 1.30. The second-order valence-corrected chi connectivity index (χ2v) is 6.05. The van der Waals surface area contributed by atoms with Crippen LogP contribution in [-0.4, -0.2) is 22.2 Å². The maximum Gasteiger partial charge on any atom is 0.261 e. The van der Waals surface area contributed by atoms with Crippen molar-refractivity contribution in [1.82, 2.24) is 15.5 Å². The van der Waals surface area contributed by atoms with Gasteiger partial charge < -0.3 is 14.6 Å². The van der Waals surface area contributed by atoms with Gasteiger partial charge in [0.1, 0.15) is 5.75 Å². The van der Waals surface area contributed by atoms with Gasteiger partial charge in [-0.1, -0.05) is 47.6 Å². The van der Waals surface area contributed by atoms with E-state index in [4.69, 9.17) is 9.26 Å². The molecule has 3 aromatic rings. The van der Waals surface area contributed by atoms with E-state index in [0.717, 1.165) is 16.7 Å². The highest BCUT2D eigenvalue weighted by Crippen LogP contribution is 2.21. The molecule has 26 heavy (non-hydrogen) atoms. The van der Waals surface area contributed by atoms with Crippen LogP contribution >= 0.6 is 0 Å². The molecule has 0 unspecified atom stereocenters. The number of hydrogen-bond acceptors (Lipinski definition) is 5. The van der Waals surface area contributed by atoms with Gasteiger partial charge in [0.15, 0.2) is 6.10 Å². The number of amides is 1. The number of aromatic nitrogens is 2. The number of benzene rings is 2. The molecular weight excluding hydrogens is 330 g/mol. The van der Waals surface area contributed by atoms with Crippen LogP contribution in [0, 0.1) is 13.8 Å². The highest BCUT2D eigenvalue weighted by atomic mass is 16.5. The molecule has 0 saturated heterocycles. The molecule has 3 rings (SSSR count). The van der Waals surface area contributed by atoms with Gasteiger partial charge in [-0.15, -0.1) is 0 Å². The van der Waals surface area contributed by atoms with E-state index in [1.54, 1.807) is 6.92 Å². The fourth-order valence-corrected chi connectivity index (χ4v) is 2.43. The molecule has 1 atom stereocenters. The summed E-state index contributed by atoms with van der Waals surface area (Å²) in [7, 11) is 0. The molecular formula is C20H21N3O3. The first-order valence-corrected chi connectivity index (χ1v) is 8.43.